The Hall–Kier alpha value is 0.200. The van der Waals surface area contributed by atoms with E-state index in [0.29, 0.717) is 11.8 Å². The minimum atomic E-state index is -3.40. The molecule has 5 heteroatoms. The molecule has 0 aromatic carbocycles. The van der Waals surface area contributed by atoms with Crippen molar-refractivity contribution >= 4 is 19.7 Å². The highest BCUT2D eigenvalue weighted by molar-refractivity contribution is 8.13. The van der Waals surface area contributed by atoms with Crippen LogP contribution in [0.4, 0.5) is 0 Å². The molecule has 0 aromatic heterocycles. The Morgan fingerprint density at radius 3 is 2.20 bits per heavy atom. The first-order valence-electron chi connectivity index (χ1n) is 5.40. The Balaban J connectivity index is 2.26. The number of ether oxygens (including phenoxy) is 1. The predicted octanol–water partition coefficient (Wildman–Crippen LogP) is 2.40. The summed E-state index contributed by atoms with van der Waals surface area (Å²) in [5.74, 6) is 1.26. The fourth-order valence-corrected chi connectivity index (χ4v) is 2.81. The molecule has 2 atom stereocenters. The maximum atomic E-state index is 10.7. The fourth-order valence-electron chi connectivity index (χ4n) is 2.32. The minimum Gasteiger partial charge on any atom is -0.377 e. The van der Waals surface area contributed by atoms with Gasteiger partial charge in [0.25, 0.3) is 0 Å². The Morgan fingerprint density at radius 2 is 1.73 bits per heavy atom. The molecule has 2 unspecified atom stereocenters. The highest BCUT2D eigenvalue weighted by atomic mass is 35.7. The lowest BCUT2D eigenvalue weighted by molar-refractivity contribution is 0.00886. The number of hydrogen-bond acceptors (Lipinski definition) is 3. The molecule has 1 aliphatic rings. The van der Waals surface area contributed by atoms with Gasteiger partial charge in [0.05, 0.1) is 18.5 Å². The van der Waals surface area contributed by atoms with Crippen LogP contribution < -0.4 is 0 Å². The predicted molar refractivity (Wildman–Crippen MR) is 61.6 cm³/mol. The van der Waals surface area contributed by atoms with Crippen LogP contribution in [0.1, 0.15) is 33.1 Å². The second-order valence-corrected chi connectivity index (χ2v) is 7.55. The summed E-state index contributed by atoms with van der Waals surface area (Å²) in [4.78, 5) is 0. The summed E-state index contributed by atoms with van der Waals surface area (Å²) >= 11 is 0. The minimum absolute atomic E-state index is 0.0895. The van der Waals surface area contributed by atoms with Crippen LogP contribution in [0, 0.1) is 11.8 Å². The first-order chi connectivity index (χ1) is 6.87. The fraction of sp³-hybridized carbons (Fsp3) is 1.00. The number of halogens is 1. The van der Waals surface area contributed by atoms with Crippen LogP contribution in [0.5, 0.6) is 0 Å². The van der Waals surface area contributed by atoms with Gasteiger partial charge in [-0.2, -0.15) is 0 Å². The van der Waals surface area contributed by atoms with Gasteiger partial charge in [-0.05, 0) is 31.1 Å². The quantitative estimate of drug-likeness (QED) is 0.724. The van der Waals surface area contributed by atoms with Gasteiger partial charge in [0.2, 0.25) is 9.05 Å². The van der Waals surface area contributed by atoms with Crippen LogP contribution >= 0.6 is 10.7 Å². The molecule has 0 aliphatic heterocycles. The molecule has 3 nitrogen and oxygen atoms in total. The Kier molecular flexibility index (Phi) is 4.87. The lowest BCUT2D eigenvalue weighted by Gasteiger charge is -2.31. The second kappa shape index (κ2) is 5.51. The average molecular weight is 255 g/mol. The molecule has 1 rings (SSSR count). The monoisotopic (exact) mass is 254 g/mol. The van der Waals surface area contributed by atoms with E-state index >= 15 is 0 Å². The molecule has 0 amide bonds. The average Bonchev–Trinajstić information content (AvgIpc) is 1.99. The van der Waals surface area contributed by atoms with Crippen LogP contribution in [0.2, 0.25) is 0 Å². The van der Waals surface area contributed by atoms with Gasteiger partial charge in [-0.3, -0.25) is 0 Å². The standard InChI is InChI=1S/C10H19ClO3S/c1-8-5-9(2)7-10(6-8)14-3-4-15(11,12)13/h8-10H,3-7H2,1-2H3. The Morgan fingerprint density at radius 1 is 1.20 bits per heavy atom. The number of rotatable bonds is 4. The molecular weight excluding hydrogens is 236 g/mol. The number of hydrogen-bond donors (Lipinski definition) is 0. The summed E-state index contributed by atoms with van der Waals surface area (Å²) in [7, 11) is 1.70. The van der Waals surface area contributed by atoms with Crippen LogP contribution in [-0.4, -0.2) is 26.9 Å². The lowest BCUT2D eigenvalue weighted by Crippen LogP contribution is -2.27. The maximum absolute atomic E-state index is 10.7. The molecule has 0 saturated heterocycles. The van der Waals surface area contributed by atoms with E-state index < -0.39 is 9.05 Å². The van der Waals surface area contributed by atoms with Crippen LogP contribution in [-0.2, 0) is 13.8 Å². The SMILES string of the molecule is CC1CC(C)CC(OCCS(=O)(=O)Cl)C1. The molecule has 15 heavy (non-hydrogen) atoms. The van der Waals surface area contributed by atoms with Crippen molar-refractivity contribution in [1.82, 2.24) is 0 Å². The van der Waals surface area contributed by atoms with Crippen molar-refractivity contribution < 1.29 is 13.2 Å². The highest BCUT2D eigenvalue weighted by Crippen LogP contribution is 2.30. The molecule has 0 N–H and O–H groups in total. The summed E-state index contributed by atoms with van der Waals surface area (Å²) < 4.78 is 26.9. The largest absolute Gasteiger partial charge is 0.377 e. The van der Waals surface area contributed by atoms with Crippen LogP contribution in [0.3, 0.4) is 0 Å². The van der Waals surface area contributed by atoms with Crippen molar-refractivity contribution in [1.29, 1.82) is 0 Å². The molecule has 0 radical (unpaired) electrons. The van der Waals surface area contributed by atoms with Gasteiger partial charge < -0.3 is 4.74 Å². The van der Waals surface area contributed by atoms with Crippen LogP contribution in [0.15, 0.2) is 0 Å². The van der Waals surface area contributed by atoms with E-state index in [1.165, 1.54) is 6.42 Å². The van der Waals surface area contributed by atoms with E-state index in [-0.39, 0.29) is 18.5 Å². The van der Waals surface area contributed by atoms with Crippen molar-refractivity contribution in [2.45, 2.75) is 39.2 Å². The third-order valence-electron chi connectivity index (χ3n) is 2.82. The van der Waals surface area contributed by atoms with Crippen molar-refractivity contribution in [2.24, 2.45) is 11.8 Å². The summed E-state index contributed by atoms with van der Waals surface area (Å²) in [6, 6.07) is 0. The first kappa shape index (κ1) is 13.3. The third kappa shape index (κ3) is 5.73. The smallest absolute Gasteiger partial charge is 0.234 e. The topological polar surface area (TPSA) is 43.4 Å². The molecule has 0 heterocycles. The van der Waals surface area contributed by atoms with Gasteiger partial charge in [-0.15, -0.1) is 0 Å². The molecule has 1 aliphatic carbocycles. The van der Waals surface area contributed by atoms with Crippen LogP contribution in [0.25, 0.3) is 0 Å². The van der Waals surface area contributed by atoms with Gasteiger partial charge in [0, 0.05) is 10.7 Å². The van der Waals surface area contributed by atoms with E-state index in [4.69, 9.17) is 15.4 Å². The van der Waals surface area contributed by atoms with E-state index in [1.807, 2.05) is 0 Å². The molecule has 1 saturated carbocycles. The van der Waals surface area contributed by atoms with E-state index in [2.05, 4.69) is 13.8 Å². The van der Waals surface area contributed by atoms with Crippen molar-refractivity contribution in [3.8, 4) is 0 Å². The zero-order valence-electron chi connectivity index (χ0n) is 9.28. The summed E-state index contributed by atoms with van der Waals surface area (Å²) in [5.41, 5.74) is 0. The van der Waals surface area contributed by atoms with Crippen molar-refractivity contribution in [2.75, 3.05) is 12.4 Å². The van der Waals surface area contributed by atoms with Gasteiger partial charge in [-0.1, -0.05) is 13.8 Å². The van der Waals surface area contributed by atoms with E-state index in [1.54, 1.807) is 0 Å². The molecule has 0 bridgehead atoms. The normalized spacial score (nSPS) is 32.9. The summed E-state index contributed by atoms with van der Waals surface area (Å²) in [5, 5.41) is 0. The highest BCUT2D eigenvalue weighted by Gasteiger charge is 2.24. The molecule has 90 valence electrons. The lowest BCUT2D eigenvalue weighted by atomic mass is 9.82. The molecular formula is C10H19ClO3S. The second-order valence-electron chi connectivity index (χ2n) is 4.65. The van der Waals surface area contributed by atoms with Gasteiger partial charge >= 0.3 is 0 Å². The zero-order chi connectivity index (χ0) is 11.5. The van der Waals surface area contributed by atoms with E-state index in [0.717, 1.165) is 12.8 Å². The molecule has 0 spiro atoms. The maximum Gasteiger partial charge on any atom is 0.234 e. The Bertz CT molecular complexity index is 279. The van der Waals surface area contributed by atoms with Gasteiger partial charge in [-0.25, -0.2) is 8.42 Å². The molecule has 0 aromatic rings. The zero-order valence-corrected chi connectivity index (χ0v) is 10.9. The van der Waals surface area contributed by atoms with E-state index in [9.17, 15) is 8.42 Å². The summed E-state index contributed by atoms with van der Waals surface area (Å²) in [6.07, 6.45) is 3.52. The summed E-state index contributed by atoms with van der Waals surface area (Å²) in [6.45, 7) is 4.64. The third-order valence-corrected chi connectivity index (χ3v) is 3.93. The van der Waals surface area contributed by atoms with Gasteiger partial charge in [0.1, 0.15) is 0 Å². The first-order valence-corrected chi connectivity index (χ1v) is 7.88. The van der Waals surface area contributed by atoms with Gasteiger partial charge in [0.15, 0.2) is 0 Å². The Labute approximate surface area is 96.6 Å². The van der Waals surface area contributed by atoms with Crippen molar-refractivity contribution in [3.63, 3.8) is 0 Å². The van der Waals surface area contributed by atoms with Crippen molar-refractivity contribution in [3.05, 3.63) is 0 Å². The molecule has 1 fully saturated rings.